The fraction of sp³-hybridized carbons (Fsp3) is 0.615. The van der Waals surface area contributed by atoms with Crippen LogP contribution in [0.1, 0.15) is 62.8 Å². The number of methoxy groups -OCH3 is 1. The molecule has 7 nitrogen and oxygen atoms in total. The Morgan fingerprint density at radius 2 is 2.06 bits per heavy atom. The van der Waals surface area contributed by atoms with Gasteiger partial charge in [-0.05, 0) is 69.5 Å². The summed E-state index contributed by atoms with van der Waals surface area (Å²) in [6.45, 7) is 7.89. The molecule has 2 aromatic rings. The normalized spacial score (nSPS) is 21.1. The second-order valence-corrected chi connectivity index (χ2v) is 10.0. The van der Waals surface area contributed by atoms with Gasteiger partial charge in [0.2, 0.25) is 0 Å². The van der Waals surface area contributed by atoms with E-state index in [4.69, 9.17) is 19.2 Å². The molecule has 0 amide bonds. The topological polar surface area (TPSA) is 72.9 Å². The second kappa shape index (κ2) is 9.37. The molecule has 1 N–H and O–H groups in total. The summed E-state index contributed by atoms with van der Waals surface area (Å²) in [5.41, 5.74) is 4.26. The summed E-state index contributed by atoms with van der Waals surface area (Å²) in [6, 6.07) is 4.02. The van der Waals surface area contributed by atoms with E-state index in [0.29, 0.717) is 24.2 Å². The Balaban J connectivity index is 1.43. The molecule has 33 heavy (non-hydrogen) atoms. The molecule has 2 fully saturated rings. The molecule has 1 saturated carbocycles. The summed E-state index contributed by atoms with van der Waals surface area (Å²) in [7, 11) is 1.68. The number of pyridine rings is 1. The molecule has 1 saturated heterocycles. The van der Waals surface area contributed by atoms with Gasteiger partial charge in [-0.3, -0.25) is 9.78 Å². The van der Waals surface area contributed by atoms with Crippen LogP contribution in [-0.2, 0) is 16.0 Å². The van der Waals surface area contributed by atoms with Crippen LogP contribution >= 0.6 is 0 Å². The zero-order valence-electron chi connectivity index (χ0n) is 19.8. The van der Waals surface area contributed by atoms with E-state index in [9.17, 15) is 4.79 Å². The van der Waals surface area contributed by atoms with Crippen molar-refractivity contribution < 1.29 is 19.0 Å². The minimum Gasteiger partial charge on any atom is -0.493 e. The van der Waals surface area contributed by atoms with E-state index in [1.165, 1.54) is 38.8 Å². The van der Waals surface area contributed by atoms with E-state index < -0.39 is 0 Å². The van der Waals surface area contributed by atoms with Gasteiger partial charge in [0.1, 0.15) is 6.10 Å². The number of nitrogens with zero attached hydrogens (tertiary/aromatic N) is 2. The SMILES string of the molecule is COc1cc2c(NCC3(C)CC3)c3c(nc2cc1OCCCN1CCCC1)CCC3OC=O. The molecular weight excluding hydrogens is 418 g/mol. The van der Waals surface area contributed by atoms with E-state index >= 15 is 0 Å². The van der Waals surface area contributed by atoms with Gasteiger partial charge in [-0.1, -0.05) is 6.92 Å². The van der Waals surface area contributed by atoms with Crippen molar-refractivity contribution >= 4 is 23.1 Å². The highest BCUT2D eigenvalue weighted by atomic mass is 16.5. The van der Waals surface area contributed by atoms with E-state index in [1.54, 1.807) is 7.11 Å². The van der Waals surface area contributed by atoms with Crippen LogP contribution in [0.2, 0.25) is 0 Å². The number of hydrogen-bond donors (Lipinski definition) is 1. The summed E-state index contributed by atoms with van der Waals surface area (Å²) < 4.78 is 17.3. The lowest BCUT2D eigenvalue weighted by Crippen LogP contribution is -2.21. The number of anilines is 1. The van der Waals surface area contributed by atoms with Gasteiger partial charge in [-0.15, -0.1) is 0 Å². The van der Waals surface area contributed by atoms with E-state index in [-0.39, 0.29) is 6.10 Å². The standard InChI is InChI=1S/C26H35N3O4/c1-26(8-9-26)16-27-25-18-14-22(31-2)23(32-13-5-12-29-10-3-4-11-29)15-20(18)28-19-6-7-21(24(19)25)33-17-30/h14-15,17,21H,3-13,16H2,1-2H3,(H,27,28). The average molecular weight is 454 g/mol. The van der Waals surface area contributed by atoms with E-state index in [2.05, 4.69) is 17.1 Å². The number of aryl methyl sites for hydroxylation is 1. The third-order valence-electron chi connectivity index (χ3n) is 7.44. The number of hydrogen-bond acceptors (Lipinski definition) is 7. The molecule has 0 bridgehead atoms. The number of aromatic nitrogens is 1. The molecular formula is C26H35N3O4. The van der Waals surface area contributed by atoms with Crippen molar-refractivity contribution in [2.75, 3.05) is 45.2 Å². The summed E-state index contributed by atoms with van der Waals surface area (Å²) in [4.78, 5) is 18.6. The maximum Gasteiger partial charge on any atom is 0.293 e. The first-order chi connectivity index (χ1) is 16.1. The largest absolute Gasteiger partial charge is 0.493 e. The molecule has 1 unspecified atom stereocenters. The van der Waals surface area contributed by atoms with Gasteiger partial charge in [0.15, 0.2) is 11.5 Å². The molecule has 0 radical (unpaired) electrons. The molecule has 0 spiro atoms. The first-order valence-corrected chi connectivity index (χ1v) is 12.3. The van der Waals surface area contributed by atoms with Crippen molar-refractivity contribution in [1.82, 2.24) is 9.88 Å². The van der Waals surface area contributed by atoms with Gasteiger partial charge >= 0.3 is 0 Å². The van der Waals surface area contributed by atoms with Gasteiger partial charge in [0.05, 0.1) is 30.6 Å². The Morgan fingerprint density at radius 3 is 2.79 bits per heavy atom. The van der Waals surface area contributed by atoms with Gasteiger partial charge < -0.3 is 24.4 Å². The average Bonchev–Trinajstić information content (AvgIpc) is 3.18. The predicted molar refractivity (Wildman–Crippen MR) is 128 cm³/mol. The summed E-state index contributed by atoms with van der Waals surface area (Å²) in [5, 5.41) is 4.68. The maximum absolute atomic E-state index is 11.1. The molecule has 1 aromatic carbocycles. The Kier molecular flexibility index (Phi) is 6.32. The van der Waals surface area contributed by atoms with Gasteiger partial charge in [0, 0.05) is 30.1 Å². The Morgan fingerprint density at radius 1 is 1.24 bits per heavy atom. The molecule has 1 aromatic heterocycles. The summed E-state index contributed by atoms with van der Waals surface area (Å²) >= 11 is 0. The molecule has 7 heteroatoms. The lowest BCUT2D eigenvalue weighted by Gasteiger charge is -2.21. The summed E-state index contributed by atoms with van der Waals surface area (Å²) in [5.74, 6) is 1.44. The lowest BCUT2D eigenvalue weighted by atomic mass is 10.0. The Hall–Kier alpha value is -2.54. The van der Waals surface area contributed by atoms with Gasteiger partial charge in [-0.25, -0.2) is 0 Å². The highest BCUT2D eigenvalue weighted by molar-refractivity contribution is 5.96. The van der Waals surface area contributed by atoms with E-state index in [0.717, 1.165) is 65.9 Å². The molecule has 178 valence electrons. The summed E-state index contributed by atoms with van der Waals surface area (Å²) in [6.07, 6.45) is 7.39. The number of carbonyl (C=O) groups excluding carboxylic acids is 1. The van der Waals surface area contributed by atoms with Crippen LogP contribution in [0, 0.1) is 5.41 Å². The van der Waals surface area contributed by atoms with E-state index in [1.807, 2.05) is 12.1 Å². The van der Waals surface area contributed by atoms with Crippen LogP contribution in [0.15, 0.2) is 12.1 Å². The van der Waals surface area contributed by atoms with Crippen LogP contribution < -0.4 is 14.8 Å². The Labute approximate surface area is 195 Å². The third kappa shape index (κ3) is 4.74. The van der Waals surface area contributed by atoms with Crippen LogP contribution in [0.25, 0.3) is 10.9 Å². The van der Waals surface area contributed by atoms with Gasteiger partial charge in [-0.2, -0.15) is 0 Å². The molecule has 3 aliphatic rings. The second-order valence-electron chi connectivity index (χ2n) is 10.0. The van der Waals surface area contributed by atoms with Crippen molar-refractivity contribution in [2.45, 2.75) is 58.0 Å². The molecule has 5 rings (SSSR count). The molecule has 2 heterocycles. The quantitative estimate of drug-likeness (QED) is 0.397. The highest BCUT2D eigenvalue weighted by Crippen LogP contribution is 2.48. The number of fused-ring (bicyclic) bond motifs is 2. The molecule has 2 aliphatic carbocycles. The van der Waals surface area contributed by atoms with Crippen molar-refractivity contribution in [2.24, 2.45) is 5.41 Å². The number of carbonyl (C=O) groups is 1. The van der Waals surface area contributed by atoms with Crippen LogP contribution in [-0.4, -0.2) is 56.3 Å². The zero-order valence-corrected chi connectivity index (χ0v) is 19.8. The molecule has 1 atom stereocenters. The maximum atomic E-state index is 11.1. The smallest absolute Gasteiger partial charge is 0.293 e. The number of ether oxygens (including phenoxy) is 3. The van der Waals surface area contributed by atoms with Gasteiger partial charge in [0.25, 0.3) is 6.47 Å². The lowest BCUT2D eigenvalue weighted by molar-refractivity contribution is -0.133. The van der Waals surface area contributed by atoms with Crippen molar-refractivity contribution in [3.63, 3.8) is 0 Å². The van der Waals surface area contributed by atoms with Crippen LogP contribution in [0.4, 0.5) is 5.69 Å². The fourth-order valence-corrected chi connectivity index (χ4v) is 5.12. The zero-order chi connectivity index (χ0) is 22.8. The third-order valence-corrected chi connectivity index (χ3v) is 7.44. The van der Waals surface area contributed by atoms with Crippen molar-refractivity contribution in [3.05, 3.63) is 23.4 Å². The highest BCUT2D eigenvalue weighted by Gasteiger charge is 2.38. The first kappa shape index (κ1) is 22.3. The monoisotopic (exact) mass is 453 g/mol. The number of likely N-dealkylation sites (tertiary alicyclic amines) is 1. The predicted octanol–water partition coefficient (Wildman–Crippen LogP) is 4.48. The minimum absolute atomic E-state index is 0.253. The van der Waals surface area contributed by atoms with Crippen LogP contribution in [0.5, 0.6) is 11.5 Å². The number of benzene rings is 1. The molecule has 1 aliphatic heterocycles. The number of nitrogens with one attached hydrogen (secondary N) is 1. The van der Waals surface area contributed by atoms with Crippen molar-refractivity contribution in [1.29, 1.82) is 0 Å². The fourth-order valence-electron chi connectivity index (χ4n) is 5.12. The Bertz CT molecular complexity index is 1010. The van der Waals surface area contributed by atoms with Crippen LogP contribution in [0.3, 0.4) is 0 Å². The number of rotatable bonds is 11. The first-order valence-electron chi connectivity index (χ1n) is 12.3. The van der Waals surface area contributed by atoms with Crippen molar-refractivity contribution in [3.8, 4) is 11.5 Å². The minimum atomic E-state index is -0.253.